The zero-order valence-corrected chi connectivity index (χ0v) is 9.08. The van der Waals surface area contributed by atoms with E-state index in [1.807, 2.05) is 0 Å². The van der Waals surface area contributed by atoms with E-state index in [2.05, 4.69) is 12.2 Å². The first kappa shape index (κ1) is 12.0. The molecule has 0 spiro atoms. The van der Waals surface area contributed by atoms with Crippen LogP contribution in [0.4, 0.5) is 0 Å². The Kier molecular flexibility index (Phi) is 5.45. The average molecular weight is 201 g/mol. The van der Waals surface area contributed by atoms with E-state index >= 15 is 0 Å². The van der Waals surface area contributed by atoms with E-state index in [0.717, 1.165) is 32.1 Å². The van der Waals surface area contributed by atoms with E-state index in [0.29, 0.717) is 6.04 Å². The summed E-state index contributed by atoms with van der Waals surface area (Å²) in [5.74, 6) is 0. The summed E-state index contributed by atoms with van der Waals surface area (Å²) in [6.45, 7) is 2.34. The maximum absolute atomic E-state index is 9.76. The molecule has 1 aliphatic rings. The molecular weight excluding hydrogens is 178 g/mol. The molecule has 0 amide bonds. The summed E-state index contributed by atoms with van der Waals surface area (Å²) >= 11 is 0. The van der Waals surface area contributed by atoms with E-state index in [-0.39, 0.29) is 18.8 Å². The minimum atomic E-state index is -0.184. The SMILES string of the molecule is CCC(CCO)NC1CCCCC1O. The number of hydrogen-bond acceptors (Lipinski definition) is 3. The number of aliphatic hydroxyl groups excluding tert-OH is 2. The summed E-state index contributed by atoms with van der Waals surface area (Å²) in [5.41, 5.74) is 0. The Balaban J connectivity index is 2.31. The highest BCUT2D eigenvalue weighted by molar-refractivity contribution is 4.83. The van der Waals surface area contributed by atoms with Crippen LogP contribution >= 0.6 is 0 Å². The molecule has 0 bridgehead atoms. The zero-order chi connectivity index (χ0) is 10.4. The molecule has 3 heteroatoms. The van der Waals surface area contributed by atoms with Gasteiger partial charge in [0.15, 0.2) is 0 Å². The number of aliphatic hydroxyl groups is 2. The van der Waals surface area contributed by atoms with Gasteiger partial charge in [0.1, 0.15) is 0 Å². The lowest BCUT2D eigenvalue weighted by molar-refractivity contribution is 0.0819. The molecule has 0 radical (unpaired) electrons. The zero-order valence-electron chi connectivity index (χ0n) is 9.08. The van der Waals surface area contributed by atoms with Gasteiger partial charge in [-0.15, -0.1) is 0 Å². The van der Waals surface area contributed by atoms with E-state index in [1.165, 1.54) is 6.42 Å². The molecule has 3 atom stereocenters. The lowest BCUT2D eigenvalue weighted by Crippen LogP contribution is -2.47. The van der Waals surface area contributed by atoms with Gasteiger partial charge in [-0.2, -0.15) is 0 Å². The largest absolute Gasteiger partial charge is 0.396 e. The van der Waals surface area contributed by atoms with Crippen LogP contribution in [0, 0.1) is 0 Å². The van der Waals surface area contributed by atoms with Gasteiger partial charge in [0.2, 0.25) is 0 Å². The lowest BCUT2D eigenvalue weighted by Gasteiger charge is -2.31. The van der Waals surface area contributed by atoms with Gasteiger partial charge in [0, 0.05) is 18.7 Å². The van der Waals surface area contributed by atoms with E-state index in [4.69, 9.17) is 5.11 Å². The third kappa shape index (κ3) is 3.56. The average Bonchev–Trinajstić information content (AvgIpc) is 2.20. The molecule has 3 unspecified atom stereocenters. The van der Waals surface area contributed by atoms with Crippen molar-refractivity contribution in [2.24, 2.45) is 0 Å². The first-order valence-electron chi connectivity index (χ1n) is 5.83. The number of nitrogens with one attached hydrogen (secondary N) is 1. The Morgan fingerprint density at radius 1 is 1.36 bits per heavy atom. The smallest absolute Gasteiger partial charge is 0.0693 e. The van der Waals surface area contributed by atoms with Gasteiger partial charge < -0.3 is 15.5 Å². The molecule has 1 aliphatic carbocycles. The fraction of sp³-hybridized carbons (Fsp3) is 1.00. The molecule has 0 aromatic heterocycles. The Morgan fingerprint density at radius 2 is 2.07 bits per heavy atom. The van der Waals surface area contributed by atoms with E-state index in [9.17, 15) is 5.11 Å². The monoisotopic (exact) mass is 201 g/mol. The van der Waals surface area contributed by atoms with Crippen LogP contribution in [-0.4, -0.2) is 35.0 Å². The van der Waals surface area contributed by atoms with Crippen molar-refractivity contribution in [3.05, 3.63) is 0 Å². The van der Waals surface area contributed by atoms with Crippen molar-refractivity contribution >= 4 is 0 Å². The van der Waals surface area contributed by atoms with Crippen molar-refractivity contribution in [2.45, 2.75) is 63.6 Å². The maximum Gasteiger partial charge on any atom is 0.0693 e. The minimum Gasteiger partial charge on any atom is -0.396 e. The predicted molar refractivity (Wildman–Crippen MR) is 57.2 cm³/mol. The highest BCUT2D eigenvalue weighted by Gasteiger charge is 2.24. The molecule has 0 heterocycles. The molecule has 84 valence electrons. The second-order valence-corrected chi connectivity index (χ2v) is 4.24. The number of hydrogen-bond donors (Lipinski definition) is 3. The van der Waals surface area contributed by atoms with Crippen molar-refractivity contribution in [1.82, 2.24) is 5.32 Å². The van der Waals surface area contributed by atoms with Crippen LogP contribution in [-0.2, 0) is 0 Å². The standard InChI is InChI=1S/C11H23NO2/c1-2-9(7-8-13)12-10-5-3-4-6-11(10)14/h9-14H,2-8H2,1H3. The first-order valence-corrected chi connectivity index (χ1v) is 5.83. The van der Waals surface area contributed by atoms with Crippen molar-refractivity contribution in [3.8, 4) is 0 Å². The van der Waals surface area contributed by atoms with Crippen molar-refractivity contribution in [3.63, 3.8) is 0 Å². The molecule has 0 aromatic carbocycles. The molecule has 3 N–H and O–H groups in total. The lowest BCUT2D eigenvalue weighted by atomic mass is 9.91. The normalized spacial score (nSPS) is 30.2. The Morgan fingerprint density at radius 3 is 2.64 bits per heavy atom. The highest BCUT2D eigenvalue weighted by atomic mass is 16.3. The van der Waals surface area contributed by atoms with E-state index < -0.39 is 0 Å². The van der Waals surface area contributed by atoms with Crippen molar-refractivity contribution < 1.29 is 10.2 Å². The molecule has 14 heavy (non-hydrogen) atoms. The quantitative estimate of drug-likeness (QED) is 0.623. The van der Waals surface area contributed by atoms with Crippen LogP contribution in [0.3, 0.4) is 0 Å². The molecule has 0 aliphatic heterocycles. The van der Waals surface area contributed by atoms with Gasteiger partial charge in [-0.1, -0.05) is 19.8 Å². The van der Waals surface area contributed by atoms with Crippen LogP contribution in [0.15, 0.2) is 0 Å². The Hall–Kier alpha value is -0.120. The maximum atomic E-state index is 9.76. The molecule has 1 fully saturated rings. The summed E-state index contributed by atoms with van der Waals surface area (Å²) in [6.07, 6.45) is 5.98. The summed E-state index contributed by atoms with van der Waals surface area (Å²) < 4.78 is 0. The van der Waals surface area contributed by atoms with E-state index in [1.54, 1.807) is 0 Å². The number of rotatable bonds is 5. The van der Waals surface area contributed by atoms with Crippen molar-refractivity contribution in [2.75, 3.05) is 6.61 Å². The third-order valence-electron chi connectivity index (χ3n) is 3.15. The van der Waals surface area contributed by atoms with Crippen LogP contribution < -0.4 is 5.32 Å². The van der Waals surface area contributed by atoms with Crippen LogP contribution in [0.2, 0.25) is 0 Å². The molecule has 0 saturated heterocycles. The summed E-state index contributed by atoms with van der Waals surface area (Å²) in [7, 11) is 0. The van der Waals surface area contributed by atoms with Gasteiger partial charge in [0.05, 0.1) is 6.10 Å². The molecule has 3 nitrogen and oxygen atoms in total. The summed E-state index contributed by atoms with van der Waals surface area (Å²) in [5, 5.41) is 22.1. The summed E-state index contributed by atoms with van der Waals surface area (Å²) in [4.78, 5) is 0. The minimum absolute atomic E-state index is 0.184. The second kappa shape index (κ2) is 6.38. The Labute approximate surface area is 86.5 Å². The van der Waals surface area contributed by atoms with Gasteiger partial charge >= 0.3 is 0 Å². The van der Waals surface area contributed by atoms with Crippen molar-refractivity contribution in [1.29, 1.82) is 0 Å². The van der Waals surface area contributed by atoms with Crippen LogP contribution in [0.5, 0.6) is 0 Å². The molecule has 1 rings (SSSR count). The summed E-state index contributed by atoms with van der Waals surface area (Å²) in [6, 6.07) is 0.609. The molecular formula is C11H23NO2. The topological polar surface area (TPSA) is 52.5 Å². The fourth-order valence-electron chi connectivity index (χ4n) is 2.17. The predicted octanol–water partition coefficient (Wildman–Crippen LogP) is 1.04. The van der Waals surface area contributed by atoms with Crippen LogP contribution in [0.1, 0.15) is 45.4 Å². The molecule has 1 saturated carbocycles. The highest BCUT2D eigenvalue weighted by Crippen LogP contribution is 2.19. The molecule has 0 aromatic rings. The fourth-order valence-corrected chi connectivity index (χ4v) is 2.17. The first-order chi connectivity index (χ1) is 6.77. The van der Waals surface area contributed by atoms with Gasteiger partial charge in [-0.25, -0.2) is 0 Å². The van der Waals surface area contributed by atoms with Gasteiger partial charge in [-0.3, -0.25) is 0 Å². The van der Waals surface area contributed by atoms with Crippen LogP contribution in [0.25, 0.3) is 0 Å². The van der Waals surface area contributed by atoms with Gasteiger partial charge in [-0.05, 0) is 25.7 Å². The Bertz CT molecular complexity index is 152. The van der Waals surface area contributed by atoms with Gasteiger partial charge in [0.25, 0.3) is 0 Å². The third-order valence-corrected chi connectivity index (χ3v) is 3.15. The second-order valence-electron chi connectivity index (χ2n) is 4.24.